The molecule has 0 saturated carbocycles. The minimum atomic E-state index is -3.61. The molecule has 2 aromatic heterocycles. The summed E-state index contributed by atoms with van der Waals surface area (Å²) in [6, 6.07) is 9.39. The van der Waals surface area contributed by atoms with Crippen LogP contribution in [0, 0.1) is 4.77 Å². The quantitative estimate of drug-likeness (QED) is 0.506. The zero-order chi connectivity index (χ0) is 19.4. The highest BCUT2D eigenvalue weighted by Gasteiger charge is 2.15. The molecular formula is C16H17N5O3S3. The summed E-state index contributed by atoms with van der Waals surface area (Å²) in [6.07, 6.45) is 0. The largest absolute Gasteiger partial charge is 0.345 e. The van der Waals surface area contributed by atoms with E-state index in [-0.39, 0.29) is 16.7 Å². The number of sulfonamides is 1. The fraction of sp³-hybridized carbons (Fsp3) is 0.188. The number of nitrogens with zero attached hydrogens (tertiary/aromatic N) is 2. The first-order valence-electron chi connectivity index (χ1n) is 7.99. The number of H-pyrrole nitrogens is 1. The minimum absolute atomic E-state index is 0.229. The van der Waals surface area contributed by atoms with Crippen LogP contribution < -0.4 is 10.0 Å². The third kappa shape index (κ3) is 4.43. The molecule has 0 aliphatic heterocycles. The summed E-state index contributed by atoms with van der Waals surface area (Å²) >= 11 is 6.24. The number of nitrogens with one attached hydrogen (secondary N) is 3. The smallest absolute Gasteiger partial charge is 0.271 e. The normalized spacial score (nSPS) is 11.3. The topological polar surface area (TPSA) is 109 Å². The lowest BCUT2D eigenvalue weighted by Gasteiger charge is -2.08. The Morgan fingerprint density at radius 1 is 1.30 bits per heavy atom. The zero-order valence-electron chi connectivity index (χ0n) is 14.3. The Balaban J connectivity index is 1.64. The lowest BCUT2D eigenvalue weighted by atomic mass is 10.2. The summed E-state index contributed by atoms with van der Waals surface area (Å²) in [5.74, 6) is 0.343. The molecule has 27 heavy (non-hydrogen) atoms. The number of carbonyl (C=O) groups excluding carboxylic acids is 1. The van der Waals surface area contributed by atoms with Crippen LogP contribution in [0.3, 0.4) is 0 Å². The molecule has 0 atom stereocenters. The molecule has 3 aromatic rings. The number of benzene rings is 1. The molecule has 0 aliphatic carbocycles. The van der Waals surface area contributed by atoms with Crippen LogP contribution in [0.15, 0.2) is 46.0 Å². The molecule has 0 saturated heterocycles. The third-order valence-electron chi connectivity index (χ3n) is 3.72. The monoisotopic (exact) mass is 423 g/mol. The first-order valence-corrected chi connectivity index (χ1v) is 10.8. The van der Waals surface area contributed by atoms with E-state index in [1.54, 1.807) is 40.3 Å². The standard InChI is InChI=1S/C16H17N5O3S3/c1-2-21-13(18-19-16(21)25)10-17-15(22)11-5-7-12(8-6-11)20-27(23,24)14-4-3-9-26-14/h3-9,20H,2,10H2,1H3,(H,17,22)(H,19,25). The van der Waals surface area contributed by atoms with E-state index in [2.05, 4.69) is 20.2 Å². The highest BCUT2D eigenvalue weighted by atomic mass is 32.2. The fourth-order valence-corrected chi connectivity index (χ4v) is 4.72. The van der Waals surface area contributed by atoms with Crippen LogP contribution in [0.5, 0.6) is 0 Å². The van der Waals surface area contributed by atoms with Crippen LogP contribution in [0.4, 0.5) is 5.69 Å². The van der Waals surface area contributed by atoms with Gasteiger partial charge < -0.3 is 9.88 Å². The maximum atomic E-state index is 12.3. The molecular weight excluding hydrogens is 406 g/mol. The summed E-state index contributed by atoms with van der Waals surface area (Å²) in [6.45, 7) is 2.82. The molecule has 0 unspecified atom stereocenters. The van der Waals surface area contributed by atoms with Gasteiger partial charge in [0.15, 0.2) is 10.6 Å². The molecule has 1 amide bonds. The van der Waals surface area contributed by atoms with Crippen molar-refractivity contribution < 1.29 is 13.2 Å². The van der Waals surface area contributed by atoms with Gasteiger partial charge >= 0.3 is 0 Å². The second-order valence-corrected chi connectivity index (χ2v) is 8.73. The molecule has 142 valence electrons. The molecule has 0 fully saturated rings. The van der Waals surface area contributed by atoms with Crippen molar-refractivity contribution in [1.82, 2.24) is 20.1 Å². The van der Waals surface area contributed by atoms with E-state index < -0.39 is 10.0 Å². The molecule has 3 rings (SSSR count). The van der Waals surface area contributed by atoms with E-state index >= 15 is 0 Å². The summed E-state index contributed by atoms with van der Waals surface area (Å²) in [7, 11) is -3.61. The molecule has 3 N–H and O–H groups in total. The highest BCUT2D eigenvalue weighted by Crippen LogP contribution is 2.20. The van der Waals surface area contributed by atoms with Gasteiger partial charge in [0.1, 0.15) is 4.21 Å². The average Bonchev–Trinajstić information content (AvgIpc) is 3.30. The molecule has 11 heteroatoms. The van der Waals surface area contributed by atoms with Crippen molar-refractivity contribution in [2.75, 3.05) is 4.72 Å². The Morgan fingerprint density at radius 3 is 2.67 bits per heavy atom. The fourth-order valence-electron chi connectivity index (χ4n) is 2.38. The molecule has 2 heterocycles. The van der Waals surface area contributed by atoms with E-state index in [0.29, 0.717) is 28.4 Å². The van der Waals surface area contributed by atoms with Gasteiger partial charge in [-0.25, -0.2) is 8.42 Å². The van der Waals surface area contributed by atoms with E-state index in [1.165, 1.54) is 6.07 Å². The number of amides is 1. The zero-order valence-corrected chi connectivity index (χ0v) is 16.7. The van der Waals surface area contributed by atoms with Crippen molar-refractivity contribution in [3.63, 3.8) is 0 Å². The predicted octanol–water partition coefficient (Wildman–Crippen LogP) is 2.75. The van der Waals surface area contributed by atoms with Gasteiger partial charge in [-0.1, -0.05) is 6.07 Å². The van der Waals surface area contributed by atoms with Gasteiger partial charge in [0.25, 0.3) is 15.9 Å². The maximum absolute atomic E-state index is 12.3. The van der Waals surface area contributed by atoms with Gasteiger partial charge in [-0.2, -0.15) is 5.10 Å². The molecule has 0 bridgehead atoms. The summed E-state index contributed by atoms with van der Waals surface area (Å²) in [5.41, 5.74) is 0.790. The van der Waals surface area contributed by atoms with E-state index in [9.17, 15) is 13.2 Å². The highest BCUT2D eigenvalue weighted by molar-refractivity contribution is 7.94. The lowest BCUT2D eigenvalue weighted by Crippen LogP contribution is -2.24. The number of aromatic nitrogens is 3. The number of anilines is 1. The van der Waals surface area contributed by atoms with Crippen LogP contribution in [-0.4, -0.2) is 29.1 Å². The van der Waals surface area contributed by atoms with Crippen molar-refractivity contribution in [2.24, 2.45) is 0 Å². The van der Waals surface area contributed by atoms with Gasteiger partial charge in [0.05, 0.1) is 6.54 Å². The number of hydrogen-bond acceptors (Lipinski definition) is 6. The first-order chi connectivity index (χ1) is 12.9. The van der Waals surface area contributed by atoms with Gasteiger partial charge in [0, 0.05) is 17.8 Å². The molecule has 8 nitrogen and oxygen atoms in total. The Hall–Kier alpha value is -2.50. The number of carbonyl (C=O) groups is 1. The number of thiophene rings is 1. The summed E-state index contributed by atoms with van der Waals surface area (Å²) in [4.78, 5) is 12.3. The average molecular weight is 424 g/mol. The predicted molar refractivity (Wildman–Crippen MR) is 106 cm³/mol. The second-order valence-electron chi connectivity index (χ2n) is 5.49. The Morgan fingerprint density at radius 2 is 2.04 bits per heavy atom. The minimum Gasteiger partial charge on any atom is -0.345 e. The van der Waals surface area contributed by atoms with Crippen LogP contribution in [0.25, 0.3) is 0 Å². The van der Waals surface area contributed by atoms with Crippen molar-refractivity contribution >= 4 is 45.2 Å². The van der Waals surface area contributed by atoms with Gasteiger partial charge in [-0.15, -0.1) is 11.3 Å². The van der Waals surface area contributed by atoms with Crippen LogP contribution in [0.1, 0.15) is 23.1 Å². The first kappa shape index (κ1) is 19.3. The van der Waals surface area contributed by atoms with Crippen LogP contribution in [-0.2, 0) is 23.1 Å². The van der Waals surface area contributed by atoms with Crippen LogP contribution >= 0.6 is 23.6 Å². The lowest BCUT2D eigenvalue weighted by molar-refractivity contribution is 0.0949. The van der Waals surface area contributed by atoms with Gasteiger partial charge in [0.2, 0.25) is 0 Å². The molecule has 0 radical (unpaired) electrons. The molecule has 0 spiro atoms. The van der Waals surface area contributed by atoms with Crippen molar-refractivity contribution in [3.05, 3.63) is 57.9 Å². The van der Waals surface area contributed by atoms with Crippen LogP contribution in [0.2, 0.25) is 0 Å². The van der Waals surface area contributed by atoms with E-state index in [1.807, 2.05) is 6.92 Å². The number of hydrogen-bond donors (Lipinski definition) is 3. The Kier molecular flexibility index (Phi) is 5.73. The SMILES string of the molecule is CCn1c(CNC(=O)c2ccc(NS(=O)(=O)c3cccs3)cc2)n[nH]c1=S. The van der Waals surface area contributed by atoms with Gasteiger partial charge in [-0.05, 0) is 54.9 Å². The van der Waals surface area contributed by atoms with Crippen molar-refractivity contribution in [1.29, 1.82) is 0 Å². The maximum Gasteiger partial charge on any atom is 0.271 e. The van der Waals surface area contributed by atoms with E-state index in [0.717, 1.165) is 11.3 Å². The summed E-state index contributed by atoms with van der Waals surface area (Å²) in [5, 5.41) is 11.2. The molecule has 0 aliphatic rings. The Labute approximate surface area is 165 Å². The third-order valence-corrected chi connectivity index (χ3v) is 6.81. The van der Waals surface area contributed by atoms with Crippen molar-refractivity contribution in [3.8, 4) is 0 Å². The second kappa shape index (κ2) is 8.03. The van der Waals surface area contributed by atoms with E-state index in [4.69, 9.17) is 12.2 Å². The number of aromatic amines is 1. The Bertz CT molecular complexity index is 1080. The van der Waals surface area contributed by atoms with Gasteiger partial charge in [-0.3, -0.25) is 14.6 Å². The van der Waals surface area contributed by atoms with Crippen molar-refractivity contribution in [2.45, 2.75) is 24.2 Å². The summed E-state index contributed by atoms with van der Waals surface area (Å²) < 4.78 is 29.4. The molecule has 1 aromatic carbocycles. The number of rotatable bonds is 7.